The molecule has 0 bridgehead atoms. The van der Waals surface area contributed by atoms with Gasteiger partial charge in [-0.2, -0.15) is 0 Å². The first-order chi connectivity index (χ1) is 9.10. The zero-order valence-electron chi connectivity index (χ0n) is 11.0. The lowest BCUT2D eigenvalue weighted by molar-refractivity contribution is 0.0599. The number of carbonyl (C=O) groups excluding carboxylic acids is 2. The van der Waals surface area contributed by atoms with Gasteiger partial charge in [0.2, 0.25) is 0 Å². The molecule has 0 saturated heterocycles. The van der Waals surface area contributed by atoms with Gasteiger partial charge in [0.25, 0.3) is 0 Å². The maximum atomic E-state index is 11.1. The molecule has 0 fully saturated rings. The minimum Gasteiger partial charge on any atom is -0.465 e. The predicted octanol–water partition coefficient (Wildman–Crippen LogP) is 0.621. The highest BCUT2D eigenvalue weighted by molar-refractivity contribution is 5.95. The molecule has 0 unspecified atom stereocenters. The minimum atomic E-state index is -0.476. The van der Waals surface area contributed by atoms with Crippen molar-refractivity contribution in [2.24, 2.45) is 0 Å². The SMILES string of the molecule is COC(=O)c1cccc(C(=O)OC)c1.OCCCO. The predicted molar refractivity (Wildman–Crippen MR) is 67.9 cm³/mol. The van der Waals surface area contributed by atoms with Gasteiger partial charge in [-0.05, 0) is 24.6 Å². The van der Waals surface area contributed by atoms with Crippen molar-refractivity contribution in [3.63, 3.8) is 0 Å². The van der Waals surface area contributed by atoms with E-state index in [4.69, 9.17) is 10.2 Å². The lowest BCUT2D eigenvalue weighted by atomic mass is 10.1. The highest BCUT2D eigenvalue weighted by atomic mass is 16.5. The second kappa shape index (κ2) is 10.0. The maximum absolute atomic E-state index is 11.1. The van der Waals surface area contributed by atoms with E-state index in [9.17, 15) is 9.59 Å². The molecule has 2 N–H and O–H groups in total. The van der Waals surface area contributed by atoms with Gasteiger partial charge in [-0.15, -0.1) is 0 Å². The second-order valence-electron chi connectivity index (χ2n) is 3.36. The number of rotatable bonds is 4. The van der Waals surface area contributed by atoms with Crippen LogP contribution in [0.1, 0.15) is 27.1 Å². The highest BCUT2D eigenvalue weighted by Crippen LogP contribution is 2.07. The Hall–Kier alpha value is -1.92. The molecule has 0 saturated carbocycles. The van der Waals surface area contributed by atoms with E-state index < -0.39 is 11.9 Å². The third kappa shape index (κ3) is 6.54. The van der Waals surface area contributed by atoms with Crippen LogP contribution in [-0.4, -0.2) is 49.6 Å². The number of hydrogen-bond donors (Lipinski definition) is 2. The Balaban J connectivity index is 0.000000555. The molecule has 0 aromatic heterocycles. The summed E-state index contributed by atoms with van der Waals surface area (Å²) in [6, 6.07) is 6.16. The Kier molecular flexibility index (Phi) is 9.03. The van der Waals surface area contributed by atoms with Gasteiger partial charge in [-0.25, -0.2) is 9.59 Å². The summed E-state index contributed by atoms with van der Waals surface area (Å²) in [7, 11) is 2.57. The van der Waals surface area contributed by atoms with Gasteiger partial charge < -0.3 is 19.7 Å². The summed E-state index contributed by atoms with van der Waals surface area (Å²) in [5, 5.41) is 15.8. The first-order valence-corrected chi connectivity index (χ1v) is 5.59. The quantitative estimate of drug-likeness (QED) is 0.779. The minimum absolute atomic E-state index is 0.0938. The van der Waals surface area contributed by atoms with Crippen LogP contribution in [0, 0.1) is 0 Å². The van der Waals surface area contributed by atoms with Gasteiger partial charge in [0.1, 0.15) is 0 Å². The van der Waals surface area contributed by atoms with Crippen molar-refractivity contribution >= 4 is 11.9 Å². The van der Waals surface area contributed by atoms with Crippen LogP contribution < -0.4 is 0 Å². The molecule has 1 rings (SSSR count). The van der Waals surface area contributed by atoms with E-state index in [0.29, 0.717) is 17.5 Å². The Labute approximate surface area is 111 Å². The van der Waals surface area contributed by atoms with Crippen molar-refractivity contribution in [1.82, 2.24) is 0 Å². The van der Waals surface area contributed by atoms with E-state index in [1.165, 1.54) is 20.3 Å². The van der Waals surface area contributed by atoms with Gasteiger partial charge in [-0.3, -0.25) is 0 Å². The van der Waals surface area contributed by atoms with Crippen LogP contribution in [0.3, 0.4) is 0 Å². The largest absolute Gasteiger partial charge is 0.465 e. The molecule has 0 spiro atoms. The van der Waals surface area contributed by atoms with Crippen molar-refractivity contribution in [3.8, 4) is 0 Å². The Morgan fingerprint density at radius 3 is 1.68 bits per heavy atom. The number of methoxy groups -OCH3 is 2. The number of esters is 2. The summed E-state index contributed by atoms with van der Waals surface area (Å²) in [4.78, 5) is 22.2. The molecule has 0 aliphatic heterocycles. The molecule has 0 amide bonds. The fraction of sp³-hybridized carbons (Fsp3) is 0.385. The van der Waals surface area contributed by atoms with Gasteiger partial charge in [0.15, 0.2) is 0 Å². The normalized spacial score (nSPS) is 9.05. The molecular formula is C13H18O6. The standard InChI is InChI=1S/C10H10O4.C3H8O2/c1-13-9(11)7-4-3-5-8(6-7)10(12)14-2;4-2-1-3-5/h3-6H,1-2H3;4-5H,1-3H2. The summed E-state index contributed by atoms with van der Waals surface area (Å²) in [5.74, 6) is -0.952. The molecule has 19 heavy (non-hydrogen) atoms. The molecule has 0 radical (unpaired) electrons. The number of carbonyl (C=O) groups is 2. The molecule has 0 heterocycles. The molecule has 1 aromatic rings. The first-order valence-electron chi connectivity index (χ1n) is 5.59. The molecule has 0 atom stereocenters. The van der Waals surface area contributed by atoms with Crippen LogP contribution in [-0.2, 0) is 9.47 Å². The highest BCUT2D eigenvalue weighted by Gasteiger charge is 2.09. The Morgan fingerprint density at radius 2 is 1.42 bits per heavy atom. The lowest BCUT2D eigenvalue weighted by Crippen LogP contribution is -2.05. The van der Waals surface area contributed by atoms with Crippen LogP contribution >= 0.6 is 0 Å². The van der Waals surface area contributed by atoms with E-state index in [0.717, 1.165) is 0 Å². The maximum Gasteiger partial charge on any atom is 0.337 e. The van der Waals surface area contributed by atoms with Crippen LogP contribution in [0.25, 0.3) is 0 Å². The Morgan fingerprint density at radius 1 is 1.00 bits per heavy atom. The van der Waals surface area contributed by atoms with Gasteiger partial charge in [0.05, 0.1) is 25.3 Å². The number of aliphatic hydroxyl groups is 2. The molecule has 0 aliphatic carbocycles. The zero-order chi connectivity index (χ0) is 14.7. The molecular weight excluding hydrogens is 252 g/mol. The topological polar surface area (TPSA) is 93.1 Å². The molecule has 6 nitrogen and oxygen atoms in total. The van der Waals surface area contributed by atoms with Crippen LogP contribution in [0.2, 0.25) is 0 Å². The van der Waals surface area contributed by atoms with Crippen molar-refractivity contribution < 1.29 is 29.3 Å². The van der Waals surface area contributed by atoms with Gasteiger partial charge in [0, 0.05) is 13.2 Å². The van der Waals surface area contributed by atoms with Gasteiger partial charge >= 0.3 is 11.9 Å². The summed E-state index contributed by atoms with van der Waals surface area (Å²) in [6.07, 6.45) is 0.500. The van der Waals surface area contributed by atoms with Crippen LogP contribution in [0.5, 0.6) is 0 Å². The van der Waals surface area contributed by atoms with E-state index in [1.807, 2.05) is 0 Å². The van der Waals surface area contributed by atoms with Crippen molar-refractivity contribution in [2.45, 2.75) is 6.42 Å². The first kappa shape index (κ1) is 17.1. The van der Waals surface area contributed by atoms with Gasteiger partial charge in [-0.1, -0.05) is 6.07 Å². The van der Waals surface area contributed by atoms with E-state index >= 15 is 0 Å². The van der Waals surface area contributed by atoms with Crippen molar-refractivity contribution in [2.75, 3.05) is 27.4 Å². The third-order valence-electron chi connectivity index (χ3n) is 2.02. The average molecular weight is 270 g/mol. The third-order valence-corrected chi connectivity index (χ3v) is 2.02. The van der Waals surface area contributed by atoms with Crippen LogP contribution in [0.4, 0.5) is 0 Å². The number of hydrogen-bond acceptors (Lipinski definition) is 6. The number of benzene rings is 1. The van der Waals surface area contributed by atoms with Crippen molar-refractivity contribution in [1.29, 1.82) is 0 Å². The molecule has 6 heteroatoms. The molecule has 106 valence electrons. The number of aliphatic hydroxyl groups excluding tert-OH is 2. The smallest absolute Gasteiger partial charge is 0.337 e. The number of ether oxygens (including phenoxy) is 2. The molecule has 1 aromatic carbocycles. The van der Waals surface area contributed by atoms with Crippen LogP contribution in [0.15, 0.2) is 24.3 Å². The fourth-order valence-corrected chi connectivity index (χ4v) is 1.08. The van der Waals surface area contributed by atoms with Crippen molar-refractivity contribution in [3.05, 3.63) is 35.4 Å². The zero-order valence-corrected chi connectivity index (χ0v) is 11.0. The Bertz CT molecular complexity index is 369. The summed E-state index contributed by atoms with van der Waals surface area (Å²) < 4.78 is 9.03. The summed E-state index contributed by atoms with van der Waals surface area (Å²) in [6.45, 7) is 0.188. The van der Waals surface area contributed by atoms with E-state index in [-0.39, 0.29) is 13.2 Å². The second-order valence-corrected chi connectivity index (χ2v) is 3.36. The summed E-state index contributed by atoms with van der Waals surface area (Å²) in [5.41, 5.74) is 0.658. The lowest BCUT2D eigenvalue weighted by Gasteiger charge is -2.01. The van der Waals surface area contributed by atoms with E-state index in [1.54, 1.807) is 18.2 Å². The monoisotopic (exact) mass is 270 g/mol. The fourth-order valence-electron chi connectivity index (χ4n) is 1.08. The summed E-state index contributed by atoms with van der Waals surface area (Å²) >= 11 is 0. The van der Waals surface area contributed by atoms with E-state index in [2.05, 4.69) is 9.47 Å². The molecule has 0 aliphatic rings. The average Bonchev–Trinajstić information content (AvgIpc) is 2.47.